The Hall–Kier alpha value is -1.38. The van der Waals surface area contributed by atoms with Crippen molar-refractivity contribution in [1.29, 1.82) is 0 Å². The Morgan fingerprint density at radius 1 is 1.41 bits per heavy atom. The van der Waals surface area contributed by atoms with Crippen molar-refractivity contribution in [2.75, 3.05) is 13.6 Å². The molecule has 0 radical (unpaired) electrons. The van der Waals surface area contributed by atoms with Crippen molar-refractivity contribution in [1.82, 2.24) is 20.2 Å². The lowest BCUT2D eigenvalue weighted by Gasteiger charge is -2.25. The number of nitrogens with zero attached hydrogens (tertiary/aromatic N) is 2. The van der Waals surface area contributed by atoms with E-state index in [0.29, 0.717) is 35.6 Å². The van der Waals surface area contributed by atoms with Gasteiger partial charge in [0, 0.05) is 23.5 Å². The molecule has 8 heteroatoms. The van der Waals surface area contributed by atoms with Crippen LogP contribution in [0.1, 0.15) is 43.0 Å². The summed E-state index contributed by atoms with van der Waals surface area (Å²) in [4.78, 5) is 36.4. The number of rotatable bonds is 8. The van der Waals surface area contributed by atoms with E-state index in [1.165, 1.54) is 24.6 Å². The van der Waals surface area contributed by atoms with E-state index in [1.807, 2.05) is 20.8 Å². The molecule has 1 aliphatic carbocycles. The summed E-state index contributed by atoms with van der Waals surface area (Å²) in [5.41, 5.74) is 0.910. The van der Waals surface area contributed by atoms with Crippen molar-refractivity contribution in [2.45, 2.75) is 63.6 Å². The minimum atomic E-state index is -0.198. The minimum Gasteiger partial charge on any atom is -0.354 e. The van der Waals surface area contributed by atoms with Gasteiger partial charge < -0.3 is 10.3 Å². The van der Waals surface area contributed by atoms with Gasteiger partial charge in [-0.15, -0.1) is 23.1 Å². The summed E-state index contributed by atoms with van der Waals surface area (Å²) in [6.07, 6.45) is 2.53. The van der Waals surface area contributed by atoms with Crippen molar-refractivity contribution in [2.24, 2.45) is 0 Å². The molecular formula is C19H28N4O2S2. The lowest BCUT2D eigenvalue weighted by atomic mass is 10.2. The van der Waals surface area contributed by atoms with Crippen molar-refractivity contribution in [3.63, 3.8) is 0 Å². The topological polar surface area (TPSA) is 78.1 Å². The number of H-pyrrole nitrogens is 1. The molecule has 6 nitrogen and oxygen atoms in total. The summed E-state index contributed by atoms with van der Waals surface area (Å²) < 4.78 is 0. The summed E-state index contributed by atoms with van der Waals surface area (Å²) in [5.74, 6) is 1.16. The van der Waals surface area contributed by atoms with Gasteiger partial charge in [-0.3, -0.25) is 14.5 Å². The molecule has 2 atom stereocenters. The van der Waals surface area contributed by atoms with Crippen LogP contribution >= 0.6 is 23.1 Å². The third-order valence-electron chi connectivity index (χ3n) is 5.32. The maximum absolute atomic E-state index is 12.4. The highest BCUT2D eigenvalue weighted by Crippen LogP contribution is 2.27. The fourth-order valence-corrected chi connectivity index (χ4v) is 4.85. The predicted octanol–water partition coefficient (Wildman–Crippen LogP) is 2.82. The maximum Gasteiger partial charge on any atom is 0.259 e. The van der Waals surface area contributed by atoms with E-state index in [9.17, 15) is 9.59 Å². The van der Waals surface area contributed by atoms with E-state index in [1.54, 1.807) is 11.3 Å². The lowest BCUT2D eigenvalue weighted by molar-refractivity contribution is -0.120. The molecule has 2 N–H and O–H groups in total. The van der Waals surface area contributed by atoms with Gasteiger partial charge in [0.05, 0.1) is 16.4 Å². The number of amides is 1. The third kappa shape index (κ3) is 4.73. The third-order valence-corrected chi connectivity index (χ3v) is 7.57. The van der Waals surface area contributed by atoms with Gasteiger partial charge in [0.2, 0.25) is 5.91 Å². The van der Waals surface area contributed by atoms with Gasteiger partial charge in [-0.05, 0) is 53.1 Å². The molecule has 0 spiro atoms. The zero-order valence-corrected chi connectivity index (χ0v) is 18.2. The van der Waals surface area contributed by atoms with Crippen LogP contribution in [0.15, 0.2) is 4.79 Å². The van der Waals surface area contributed by atoms with Crippen molar-refractivity contribution >= 4 is 39.2 Å². The molecule has 148 valence electrons. The van der Waals surface area contributed by atoms with E-state index in [0.717, 1.165) is 15.3 Å². The Morgan fingerprint density at radius 3 is 2.78 bits per heavy atom. The highest BCUT2D eigenvalue weighted by molar-refractivity contribution is 7.99. The van der Waals surface area contributed by atoms with Gasteiger partial charge >= 0.3 is 0 Å². The monoisotopic (exact) mass is 408 g/mol. The molecule has 0 aliphatic heterocycles. The largest absolute Gasteiger partial charge is 0.354 e. The molecule has 3 rings (SSSR count). The Morgan fingerprint density at radius 2 is 2.11 bits per heavy atom. The molecule has 2 unspecified atom stereocenters. The molecule has 27 heavy (non-hydrogen) atoms. The summed E-state index contributed by atoms with van der Waals surface area (Å²) in [7, 11) is 2.12. The summed E-state index contributed by atoms with van der Waals surface area (Å²) in [5, 5.41) is 3.53. The number of hydrogen-bond donors (Lipinski definition) is 2. The summed E-state index contributed by atoms with van der Waals surface area (Å²) in [6, 6.07) is 1.02. The summed E-state index contributed by atoms with van der Waals surface area (Å²) in [6.45, 7) is 8.65. The summed E-state index contributed by atoms with van der Waals surface area (Å²) >= 11 is 3.04. The number of aromatic amines is 1. The molecule has 0 saturated heterocycles. The first kappa shape index (κ1) is 20.4. The van der Waals surface area contributed by atoms with Crippen LogP contribution in [0, 0.1) is 13.8 Å². The Kier molecular flexibility index (Phi) is 6.28. The predicted molar refractivity (Wildman–Crippen MR) is 114 cm³/mol. The average Bonchev–Trinajstić information content (AvgIpc) is 3.43. The second kappa shape index (κ2) is 8.32. The van der Waals surface area contributed by atoms with Gasteiger partial charge in [0.25, 0.3) is 5.56 Å². The van der Waals surface area contributed by atoms with E-state index in [-0.39, 0.29) is 16.7 Å². The molecule has 1 amide bonds. The van der Waals surface area contributed by atoms with E-state index in [2.05, 4.69) is 34.2 Å². The van der Waals surface area contributed by atoms with Crippen LogP contribution in [0.4, 0.5) is 0 Å². The number of thioether (sulfide) groups is 1. The Labute approximate surface area is 168 Å². The number of likely N-dealkylation sites (N-methyl/N-ethyl adjacent to an activating group) is 1. The van der Waals surface area contributed by atoms with E-state index < -0.39 is 0 Å². The molecule has 0 aromatic carbocycles. The first-order valence-corrected chi connectivity index (χ1v) is 11.2. The molecule has 1 fully saturated rings. The molecule has 0 bridgehead atoms. The smallest absolute Gasteiger partial charge is 0.259 e. The fourth-order valence-electron chi connectivity index (χ4n) is 3.02. The van der Waals surface area contributed by atoms with Crippen molar-refractivity contribution < 1.29 is 4.79 Å². The second-order valence-electron chi connectivity index (χ2n) is 7.42. The van der Waals surface area contributed by atoms with Crippen LogP contribution in [0.25, 0.3) is 10.2 Å². The number of fused-ring (bicyclic) bond motifs is 1. The SMILES string of the molecule is Cc1sc2nc(CSC(C)C(=O)NCC(C)N(C)C3CC3)[nH]c(=O)c2c1C. The number of aromatic nitrogens is 2. The molecule has 2 heterocycles. The van der Waals surface area contributed by atoms with Gasteiger partial charge in [0.15, 0.2) is 0 Å². The number of carbonyl (C=O) groups excluding carboxylic acids is 1. The van der Waals surface area contributed by atoms with Crippen LogP contribution in [-0.4, -0.2) is 51.7 Å². The normalized spacial score (nSPS) is 16.7. The first-order chi connectivity index (χ1) is 12.8. The number of thiophene rings is 1. The van der Waals surface area contributed by atoms with E-state index in [4.69, 9.17) is 0 Å². The van der Waals surface area contributed by atoms with Crippen LogP contribution in [0.3, 0.4) is 0 Å². The van der Waals surface area contributed by atoms with Gasteiger partial charge in [0.1, 0.15) is 10.7 Å². The van der Waals surface area contributed by atoms with Crippen LogP contribution in [0.5, 0.6) is 0 Å². The number of carbonyl (C=O) groups is 1. The molecular weight excluding hydrogens is 380 g/mol. The second-order valence-corrected chi connectivity index (χ2v) is 9.95. The molecule has 2 aromatic heterocycles. The fraction of sp³-hybridized carbons (Fsp3) is 0.632. The number of hydrogen-bond acceptors (Lipinski definition) is 6. The average molecular weight is 409 g/mol. The zero-order chi connectivity index (χ0) is 19.7. The standard InChI is InChI=1S/C19H28N4O2S2/c1-10(23(5)14-6-7-14)8-20-17(24)13(4)26-9-15-21-18(25)16-11(2)12(3)27-19(16)22-15/h10,13-14H,6-9H2,1-5H3,(H,20,24)(H,21,22,25). The van der Waals surface area contributed by atoms with Gasteiger partial charge in [-0.2, -0.15) is 0 Å². The lowest BCUT2D eigenvalue weighted by Crippen LogP contribution is -2.43. The van der Waals surface area contributed by atoms with Crippen molar-refractivity contribution in [3.05, 3.63) is 26.6 Å². The van der Waals surface area contributed by atoms with Crippen molar-refractivity contribution in [3.8, 4) is 0 Å². The highest BCUT2D eigenvalue weighted by atomic mass is 32.2. The van der Waals surface area contributed by atoms with Gasteiger partial charge in [-0.25, -0.2) is 4.98 Å². The number of nitrogens with one attached hydrogen (secondary N) is 2. The Bertz CT molecular complexity index is 888. The Balaban J connectivity index is 1.53. The molecule has 1 saturated carbocycles. The molecule has 2 aromatic rings. The van der Waals surface area contributed by atoms with Crippen LogP contribution < -0.4 is 10.9 Å². The van der Waals surface area contributed by atoms with Crippen LogP contribution in [0.2, 0.25) is 0 Å². The van der Waals surface area contributed by atoms with Crippen LogP contribution in [-0.2, 0) is 10.5 Å². The first-order valence-electron chi connectivity index (χ1n) is 9.38. The quantitative estimate of drug-likeness (QED) is 0.702. The highest BCUT2D eigenvalue weighted by Gasteiger charge is 2.29. The minimum absolute atomic E-state index is 0.0299. The maximum atomic E-state index is 12.4. The zero-order valence-electron chi connectivity index (χ0n) is 16.6. The van der Waals surface area contributed by atoms with E-state index >= 15 is 0 Å². The van der Waals surface area contributed by atoms with Gasteiger partial charge in [-0.1, -0.05) is 0 Å². The molecule has 1 aliphatic rings. The number of aryl methyl sites for hydroxylation is 2.